The van der Waals surface area contributed by atoms with Crippen molar-refractivity contribution in [1.82, 2.24) is 10.6 Å². The van der Waals surface area contributed by atoms with Crippen LogP contribution in [0.15, 0.2) is 66.1 Å². The summed E-state index contributed by atoms with van der Waals surface area (Å²) < 4.78 is 0. The van der Waals surface area contributed by atoms with E-state index in [0.717, 1.165) is 41.2 Å². The molecule has 0 saturated heterocycles. The first-order valence-electron chi connectivity index (χ1n) is 16.0. The maximum absolute atomic E-state index is 14.1. The molecule has 2 amide bonds. The fraction of sp³-hybridized carbons (Fsp3) is 0.459. The summed E-state index contributed by atoms with van der Waals surface area (Å²) in [6.45, 7) is 7.89. The predicted molar refractivity (Wildman–Crippen MR) is 179 cm³/mol. The van der Waals surface area contributed by atoms with E-state index in [4.69, 9.17) is 0 Å². The van der Waals surface area contributed by atoms with Gasteiger partial charge in [-0.2, -0.15) is 0 Å². The summed E-state index contributed by atoms with van der Waals surface area (Å²) in [6, 6.07) is 14.9. The van der Waals surface area contributed by atoms with Gasteiger partial charge in [-0.15, -0.1) is 11.3 Å². The van der Waals surface area contributed by atoms with Crippen LogP contribution in [0.5, 0.6) is 0 Å². The fourth-order valence-electron chi connectivity index (χ4n) is 6.33. The van der Waals surface area contributed by atoms with Crippen molar-refractivity contribution in [2.75, 3.05) is 0 Å². The van der Waals surface area contributed by atoms with Crippen molar-refractivity contribution in [2.45, 2.75) is 91.1 Å². The predicted octanol–water partition coefficient (Wildman–Crippen LogP) is 7.38. The van der Waals surface area contributed by atoms with Gasteiger partial charge in [-0.25, -0.2) is 0 Å². The molecule has 1 aromatic heterocycles. The monoisotopic (exact) mass is 614 g/mol. The third-order valence-electron chi connectivity index (χ3n) is 8.61. The van der Waals surface area contributed by atoms with E-state index in [1.54, 1.807) is 0 Å². The molecule has 1 aliphatic rings. The zero-order valence-corrected chi connectivity index (χ0v) is 27.3. The number of aryl methyl sites for hydroxylation is 1. The largest absolute Gasteiger partial charge is 0.350 e. The number of benzene rings is 2. The topological polar surface area (TPSA) is 92.3 Å². The van der Waals surface area contributed by atoms with Crippen LogP contribution in [-0.4, -0.2) is 35.5 Å². The Morgan fingerprint density at radius 3 is 2.50 bits per heavy atom. The van der Waals surface area contributed by atoms with Crippen molar-refractivity contribution >= 4 is 45.5 Å². The van der Waals surface area contributed by atoms with E-state index in [2.05, 4.69) is 10.6 Å². The van der Waals surface area contributed by atoms with E-state index in [1.807, 2.05) is 93.8 Å². The number of ketones is 2. The number of Topliss-reactive ketones (excluding diaryl/α,β-unsaturated/α-hetero) is 2. The van der Waals surface area contributed by atoms with Crippen LogP contribution >= 0.6 is 11.3 Å². The number of amides is 2. The molecule has 234 valence electrons. The molecule has 0 spiro atoms. The summed E-state index contributed by atoms with van der Waals surface area (Å²) in [5, 5.41) is 10.2. The van der Waals surface area contributed by atoms with E-state index in [-0.39, 0.29) is 47.7 Å². The van der Waals surface area contributed by atoms with Gasteiger partial charge < -0.3 is 10.6 Å². The van der Waals surface area contributed by atoms with Gasteiger partial charge in [0.25, 0.3) is 5.91 Å². The second kappa shape index (κ2) is 15.9. The lowest BCUT2D eigenvalue weighted by Crippen LogP contribution is -2.45. The highest BCUT2D eigenvalue weighted by molar-refractivity contribution is 7.12. The fourth-order valence-corrected chi connectivity index (χ4v) is 7.16. The van der Waals surface area contributed by atoms with Crippen LogP contribution in [0.2, 0.25) is 0 Å². The standard InChI is InChI=1S/C37H46N2O4S/c1-5-11-30(21-28-13-7-9-17-33(28)40)38-36(42)29(20-24(2)3)23-34(41)32(39-37(43)35-25(4)18-19-44-35)22-27-15-10-14-26-12-6-8-16-31(26)27/h5-6,8,10-12,14-16,18-19,24,28-30,32H,7,9,13,17,20-23H2,1-4H3,(H,38,42)(H,39,43)/b11-5+/t28-,29+,30+,32-/m0/s1. The number of thiophene rings is 1. The third-order valence-corrected chi connectivity index (χ3v) is 9.63. The molecule has 6 nitrogen and oxygen atoms in total. The molecule has 1 aliphatic carbocycles. The minimum atomic E-state index is -0.788. The Kier molecular flexibility index (Phi) is 12.1. The van der Waals surface area contributed by atoms with Gasteiger partial charge in [0, 0.05) is 37.1 Å². The highest BCUT2D eigenvalue weighted by Gasteiger charge is 2.31. The van der Waals surface area contributed by atoms with Crippen molar-refractivity contribution < 1.29 is 19.2 Å². The highest BCUT2D eigenvalue weighted by atomic mass is 32.1. The Hall–Kier alpha value is -3.58. The molecule has 2 N–H and O–H groups in total. The molecule has 4 rings (SSSR count). The van der Waals surface area contributed by atoms with Crippen LogP contribution in [0.1, 0.15) is 86.5 Å². The van der Waals surface area contributed by atoms with Crippen molar-refractivity contribution in [3.8, 4) is 0 Å². The van der Waals surface area contributed by atoms with E-state index < -0.39 is 12.0 Å². The quantitative estimate of drug-likeness (QED) is 0.185. The summed E-state index contributed by atoms with van der Waals surface area (Å²) in [6.07, 6.45) is 8.77. The number of carbonyl (C=O) groups is 4. The van der Waals surface area contributed by atoms with Crippen LogP contribution in [0.4, 0.5) is 0 Å². The molecular formula is C37H46N2O4S. The first kappa shape index (κ1) is 33.3. The van der Waals surface area contributed by atoms with E-state index >= 15 is 0 Å². The zero-order valence-electron chi connectivity index (χ0n) is 26.4. The summed E-state index contributed by atoms with van der Waals surface area (Å²) in [4.78, 5) is 54.3. The number of nitrogens with one attached hydrogen (secondary N) is 2. The molecular weight excluding hydrogens is 568 g/mol. The zero-order chi connectivity index (χ0) is 31.6. The molecule has 1 heterocycles. The van der Waals surface area contributed by atoms with Crippen LogP contribution < -0.4 is 10.6 Å². The Morgan fingerprint density at radius 2 is 1.80 bits per heavy atom. The normalized spacial score (nSPS) is 17.5. The molecule has 3 aromatic rings. The molecule has 0 aliphatic heterocycles. The van der Waals surface area contributed by atoms with E-state index in [9.17, 15) is 19.2 Å². The summed E-state index contributed by atoms with van der Waals surface area (Å²) in [5.41, 5.74) is 1.84. The Morgan fingerprint density at radius 1 is 1.02 bits per heavy atom. The minimum Gasteiger partial charge on any atom is -0.350 e. The van der Waals surface area contributed by atoms with Crippen molar-refractivity contribution in [1.29, 1.82) is 0 Å². The second-order valence-electron chi connectivity index (χ2n) is 12.6. The number of carbonyl (C=O) groups excluding carboxylic acids is 4. The highest BCUT2D eigenvalue weighted by Crippen LogP contribution is 2.27. The number of allylic oxidation sites excluding steroid dienone is 1. The lowest BCUT2D eigenvalue weighted by atomic mass is 9.83. The lowest BCUT2D eigenvalue weighted by molar-refractivity contribution is -0.131. The molecule has 0 bridgehead atoms. The van der Waals surface area contributed by atoms with Crippen molar-refractivity contribution in [3.05, 3.63) is 82.1 Å². The molecule has 0 unspecified atom stereocenters. The second-order valence-corrected chi connectivity index (χ2v) is 13.5. The molecule has 0 radical (unpaired) electrons. The van der Waals surface area contributed by atoms with Gasteiger partial charge in [0.15, 0.2) is 5.78 Å². The Bertz CT molecular complexity index is 1480. The van der Waals surface area contributed by atoms with Gasteiger partial charge in [-0.3, -0.25) is 19.2 Å². The third kappa shape index (κ3) is 8.98. The van der Waals surface area contributed by atoms with Crippen LogP contribution in [0.25, 0.3) is 10.8 Å². The average molecular weight is 615 g/mol. The minimum absolute atomic E-state index is 0.0219. The summed E-state index contributed by atoms with van der Waals surface area (Å²) in [7, 11) is 0. The number of hydrogen-bond donors (Lipinski definition) is 2. The van der Waals surface area contributed by atoms with Gasteiger partial charge in [-0.1, -0.05) is 74.9 Å². The lowest BCUT2D eigenvalue weighted by Gasteiger charge is -2.27. The average Bonchev–Trinajstić information content (AvgIpc) is 3.43. The van der Waals surface area contributed by atoms with Crippen molar-refractivity contribution in [3.63, 3.8) is 0 Å². The molecule has 2 aromatic carbocycles. The Balaban J connectivity index is 1.55. The van der Waals surface area contributed by atoms with Gasteiger partial charge in [0.05, 0.1) is 10.9 Å². The smallest absolute Gasteiger partial charge is 0.262 e. The number of rotatable bonds is 14. The molecule has 7 heteroatoms. The van der Waals surface area contributed by atoms with Gasteiger partial charge >= 0.3 is 0 Å². The van der Waals surface area contributed by atoms with Crippen molar-refractivity contribution in [2.24, 2.45) is 17.8 Å². The SMILES string of the molecule is C/C=C/[C@H](C[C@@H]1CCCCC1=O)NC(=O)[C@@H](CC(=O)[C@H](Cc1cccc2ccccc12)NC(=O)c1sccc1C)CC(C)C. The number of fused-ring (bicyclic) bond motifs is 1. The molecule has 44 heavy (non-hydrogen) atoms. The van der Waals surface area contributed by atoms with E-state index in [1.165, 1.54) is 11.3 Å². The van der Waals surface area contributed by atoms with Crippen LogP contribution in [-0.2, 0) is 20.8 Å². The van der Waals surface area contributed by atoms with Crippen LogP contribution in [0, 0.1) is 24.7 Å². The van der Waals surface area contributed by atoms with Gasteiger partial charge in [0.2, 0.25) is 5.91 Å². The maximum Gasteiger partial charge on any atom is 0.262 e. The number of hydrogen-bond acceptors (Lipinski definition) is 5. The summed E-state index contributed by atoms with van der Waals surface area (Å²) in [5.74, 6) is -0.732. The van der Waals surface area contributed by atoms with Crippen LogP contribution in [0.3, 0.4) is 0 Å². The molecule has 1 fully saturated rings. The van der Waals surface area contributed by atoms with Gasteiger partial charge in [-0.05, 0) is 78.8 Å². The van der Waals surface area contributed by atoms with Gasteiger partial charge in [0.1, 0.15) is 5.78 Å². The summed E-state index contributed by atoms with van der Waals surface area (Å²) >= 11 is 1.36. The Labute approximate surface area is 265 Å². The van der Waals surface area contributed by atoms with E-state index in [0.29, 0.717) is 30.6 Å². The molecule has 4 atom stereocenters. The maximum atomic E-state index is 14.1. The first-order valence-corrected chi connectivity index (χ1v) is 16.8. The molecule has 1 saturated carbocycles. The first-order chi connectivity index (χ1) is 21.2.